The van der Waals surface area contributed by atoms with Gasteiger partial charge in [0.2, 0.25) is 0 Å². The predicted molar refractivity (Wildman–Crippen MR) is 86.2 cm³/mol. The number of thiophene rings is 1. The minimum absolute atomic E-state index is 0.277. The number of nitrogens with one attached hydrogen (secondary N) is 1. The second kappa shape index (κ2) is 5.98. The van der Waals surface area contributed by atoms with Crippen LogP contribution >= 0.6 is 11.3 Å². The molecule has 1 atom stereocenters. The van der Waals surface area contributed by atoms with Gasteiger partial charge in [0.25, 0.3) is 5.91 Å². The molecule has 0 fully saturated rings. The number of amides is 1. The van der Waals surface area contributed by atoms with Crippen LogP contribution in [0, 0.1) is 24.2 Å². The number of nitriles is 1. The van der Waals surface area contributed by atoms with Crippen LogP contribution in [0.3, 0.4) is 0 Å². The second-order valence-corrected chi connectivity index (χ2v) is 6.81. The summed E-state index contributed by atoms with van der Waals surface area (Å²) in [5, 5.41) is 13.0. The molecule has 0 unspecified atom stereocenters. The first-order valence-electron chi connectivity index (χ1n) is 7.54. The molecule has 2 aromatic heterocycles. The van der Waals surface area contributed by atoms with Crippen LogP contribution in [0.15, 0.2) is 16.5 Å². The molecule has 2 aromatic rings. The molecule has 0 bridgehead atoms. The first kappa shape index (κ1) is 14.9. The van der Waals surface area contributed by atoms with Gasteiger partial charge in [0.1, 0.15) is 16.8 Å². The Labute approximate surface area is 133 Å². The van der Waals surface area contributed by atoms with Crippen molar-refractivity contribution < 1.29 is 9.21 Å². The van der Waals surface area contributed by atoms with Crippen molar-refractivity contribution in [2.45, 2.75) is 39.5 Å². The zero-order valence-corrected chi connectivity index (χ0v) is 13.5. The molecule has 1 N–H and O–H groups in total. The minimum atomic E-state index is -0.296. The molecule has 5 heteroatoms. The Morgan fingerprint density at radius 3 is 3.00 bits per heavy atom. The van der Waals surface area contributed by atoms with E-state index in [-0.39, 0.29) is 11.7 Å². The van der Waals surface area contributed by atoms with Crippen molar-refractivity contribution in [2.75, 3.05) is 5.32 Å². The lowest BCUT2D eigenvalue weighted by Crippen LogP contribution is -2.12. The lowest BCUT2D eigenvalue weighted by atomic mass is 9.86. The minimum Gasteiger partial charge on any atom is -0.456 e. The van der Waals surface area contributed by atoms with Crippen LogP contribution in [0.4, 0.5) is 5.00 Å². The molecule has 2 heterocycles. The van der Waals surface area contributed by atoms with Crippen LogP contribution < -0.4 is 5.32 Å². The largest absolute Gasteiger partial charge is 0.456 e. The van der Waals surface area contributed by atoms with Gasteiger partial charge in [-0.15, -0.1) is 11.3 Å². The molecule has 0 radical (unpaired) electrons. The highest BCUT2D eigenvalue weighted by Crippen LogP contribution is 2.40. The summed E-state index contributed by atoms with van der Waals surface area (Å²) >= 11 is 1.54. The highest BCUT2D eigenvalue weighted by Gasteiger charge is 2.26. The van der Waals surface area contributed by atoms with Crippen LogP contribution in [-0.2, 0) is 12.8 Å². The van der Waals surface area contributed by atoms with E-state index in [9.17, 15) is 10.1 Å². The maximum Gasteiger partial charge on any atom is 0.292 e. The van der Waals surface area contributed by atoms with Gasteiger partial charge in [0, 0.05) is 4.88 Å². The summed E-state index contributed by atoms with van der Waals surface area (Å²) in [4.78, 5) is 13.5. The Bertz CT molecular complexity index is 751. The van der Waals surface area contributed by atoms with Gasteiger partial charge in [-0.05, 0) is 49.8 Å². The van der Waals surface area contributed by atoms with E-state index < -0.39 is 0 Å². The fourth-order valence-electron chi connectivity index (χ4n) is 2.93. The first-order chi connectivity index (χ1) is 10.6. The molecule has 0 aromatic carbocycles. The van der Waals surface area contributed by atoms with Crippen LogP contribution in [0.1, 0.15) is 52.1 Å². The van der Waals surface area contributed by atoms with Crippen molar-refractivity contribution in [1.82, 2.24) is 0 Å². The molecular weight excluding hydrogens is 296 g/mol. The van der Waals surface area contributed by atoms with Gasteiger partial charge >= 0.3 is 0 Å². The van der Waals surface area contributed by atoms with Gasteiger partial charge < -0.3 is 9.73 Å². The molecule has 1 aliphatic rings. The lowest BCUT2D eigenvalue weighted by Gasteiger charge is -2.20. The van der Waals surface area contributed by atoms with Gasteiger partial charge in [0.05, 0.1) is 5.56 Å². The second-order valence-electron chi connectivity index (χ2n) is 5.70. The topological polar surface area (TPSA) is 66.0 Å². The van der Waals surface area contributed by atoms with Crippen molar-refractivity contribution in [2.24, 2.45) is 5.92 Å². The number of carbonyl (C=O) groups is 1. The number of anilines is 1. The standard InChI is InChI=1S/C17H18N2O2S/c1-3-11-5-6-12-13(9-18)17(22-15(12)8-11)19-16(20)14-7-4-10(2)21-14/h4,7,11H,3,5-6,8H2,1-2H3,(H,19,20)/t11-/m1/s1. The quantitative estimate of drug-likeness (QED) is 0.919. The maximum absolute atomic E-state index is 12.2. The van der Waals surface area contributed by atoms with Crippen LogP contribution in [-0.4, -0.2) is 5.91 Å². The SMILES string of the molecule is CC[C@@H]1CCc2c(sc(NC(=O)c3ccc(C)o3)c2C#N)C1. The molecule has 0 saturated heterocycles. The predicted octanol–water partition coefficient (Wildman–Crippen LogP) is 4.29. The number of carbonyl (C=O) groups excluding carboxylic acids is 1. The van der Waals surface area contributed by atoms with E-state index in [0.717, 1.165) is 31.2 Å². The molecule has 3 rings (SSSR count). The Balaban J connectivity index is 1.87. The van der Waals surface area contributed by atoms with E-state index in [0.29, 0.717) is 22.2 Å². The van der Waals surface area contributed by atoms with E-state index in [1.165, 1.54) is 16.2 Å². The fourth-order valence-corrected chi connectivity index (χ4v) is 4.24. The van der Waals surface area contributed by atoms with Gasteiger partial charge in [-0.3, -0.25) is 4.79 Å². The van der Waals surface area contributed by atoms with Gasteiger partial charge in [0.15, 0.2) is 5.76 Å². The van der Waals surface area contributed by atoms with E-state index in [1.54, 1.807) is 19.1 Å². The zero-order valence-electron chi connectivity index (χ0n) is 12.7. The molecule has 0 aliphatic heterocycles. The van der Waals surface area contributed by atoms with E-state index in [1.807, 2.05) is 0 Å². The highest BCUT2D eigenvalue weighted by atomic mass is 32.1. The highest BCUT2D eigenvalue weighted by molar-refractivity contribution is 7.16. The van der Waals surface area contributed by atoms with E-state index in [4.69, 9.17) is 4.42 Å². The zero-order chi connectivity index (χ0) is 15.7. The van der Waals surface area contributed by atoms with Crippen molar-refractivity contribution in [3.05, 3.63) is 39.7 Å². The number of aryl methyl sites for hydroxylation is 1. The third-order valence-corrected chi connectivity index (χ3v) is 5.42. The van der Waals surface area contributed by atoms with Crippen LogP contribution in [0.5, 0.6) is 0 Å². The normalized spacial score (nSPS) is 16.9. The Hall–Kier alpha value is -2.06. The summed E-state index contributed by atoms with van der Waals surface area (Å²) < 4.78 is 5.34. The summed E-state index contributed by atoms with van der Waals surface area (Å²) in [7, 11) is 0. The Kier molecular flexibility index (Phi) is 4.04. The van der Waals surface area contributed by atoms with Crippen LogP contribution in [0.2, 0.25) is 0 Å². The molecule has 114 valence electrons. The third-order valence-electron chi connectivity index (χ3n) is 4.25. The summed E-state index contributed by atoms with van der Waals surface area (Å²) in [5.74, 6) is 1.37. The number of hydrogen-bond donors (Lipinski definition) is 1. The van der Waals surface area contributed by atoms with Gasteiger partial charge in [-0.2, -0.15) is 5.26 Å². The molecule has 1 amide bonds. The maximum atomic E-state index is 12.2. The summed E-state index contributed by atoms with van der Waals surface area (Å²) in [6, 6.07) is 5.67. The lowest BCUT2D eigenvalue weighted by molar-refractivity contribution is 0.0996. The fraction of sp³-hybridized carbons (Fsp3) is 0.412. The Morgan fingerprint density at radius 2 is 2.36 bits per heavy atom. The molecule has 22 heavy (non-hydrogen) atoms. The average Bonchev–Trinajstić information content (AvgIpc) is 3.09. The van der Waals surface area contributed by atoms with E-state index >= 15 is 0 Å². The summed E-state index contributed by atoms with van der Waals surface area (Å²) in [5.41, 5.74) is 1.76. The van der Waals surface area contributed by atoms with Crippen molar-refractivity contribution in [1.29, 1.82) is 5.26 Å². The molecular formula is C17H18N2O2S. The van der Waals surface area contributed by atoms with Crippen molar-refractivity contribution >= 4 is 22.2 Å². The number of nitrogens with zero attached hydrogens (tertiary/aromatic N) is 1. The number of hydrogen-bond acceptors (Lipinski definition) is 4. The number of rotatable bonds is 3. The molecule has 1 aliphatic carbocycles. The third kappa shape index (κ3) is 2.67. The number of fused-ring (bicyclic) bond motifs is 1. The van der Waals surface area contributed by atoms with E-state index in [2.05, 4.69) is 18.3 Å². The smallest absolute Gasteiger partial charge is 0.292 e. The van der Waals surface area contributed by atoms with Gasteiger partial charge in [-0.25, -0.2) is 0 Å². The molecule has 4 nitrogen and oxygen atoms in total. The van der Waals surface area contributed by atoms with Crippen molar-refractivity contribution in [3.8, 4) is 6.07 Å². The van der Waals surface area contributed by atoms with Crippen molar-refractivity contribution in [3.63, 3.8) is 0 Å². The summed E-state index contributed by atoms with van der Waals surface area (Å²) in [6.07, 6.45) is 4.23. The Morgan fingerprint density at radius 1 is 1.55 bits per heavy atom. The van der Waals surface area contributed by atoms with Crippen LogP contribution in [0.25, 0.3) is 0 Å². The van der Waals surface area contributed by atoms with Gasteiger partial charge in [-0.1, -0.05) is 13.3 Å². The first-order valence-corrected chi connectivity index (χ1v) is 8.36. The molecule has 0 saturated carbocycles. The average molecular weight is 314 g/mol. The number of furan rings is 1. The summed E-state index contributed by atoms with van der Waals surface area (Å²) in [6.45, 7) is 4.00. The monoisotopic (exact) mass is 314 g/mol. The molecule has 0 spiro atoms.